The number of nitrogens with one attached hydrogen (secondary N) is 1. The summed E-state index contributed by atoms with van der Waals surface area (Å²) in [5, 5.41) is 20.5. The van der Waals surface area contributed by atoms with Gasteiger partial charge in [0.15, 0.2) is 0 Å². The molecule has 1 N–H and O–H groups in total. The first-order valence-electron chi connectivity index (χ1n) is 8.06. The lowest BCUT2D eigenvalue weighted by Gasteiger charge is -2.07. The maximum absolute atomic E-state index is 12.0. The second-order valence-electron chi connectivity index (χ2n) is 5.47. The highest BCUT2D eigenvalue weighted by Gasteiger charge is 2.13. The second-order valence-corrected chi connectivity index (χ2v) is 7.39. The quantitative estimate of drug-likeness (QED) is 0.309. The van der Waals surface area contributed by atoms with Gasteiger partial charge in [0.05, 0.1) is 17.7 Å². The Kier molecular flexibility index (Phi) is 5.22. The van der Waals surface area contributed by atoms with Gasteiger partial charge < -0.3 is 0 Å². The third-order valence-corrected chi connectivity index (χ3v) is 5.42. The number of hydrogen-bond donors (Lipinski definition) is 1. The van der Waals surface area contributed by atoms with E-state index in [1.165, 1.54) is 11.8 Å². The van der Waals surface area contributed by atoms with Crippen LogP contribution in [0.4, 0.5) is 0 Å². The van der Waals surface area contributed by atoms with Gasteiger partial charge in [0.1, 0.15) is 0 Å². The molecular weight excluding hydrogens is 380 g/mol. The first kappa shape index (κ1) is 17.4. The van der Waals surface area contributed by atoms with Crippen molar-refractivity contribution in [1.29, 1.82) is 0 Å². The minimum absolute atomic E-state index is 0.160. The number of carbonyl (C=O) groups is 1. The lowest BCUT2D eigenvalue weighted by molar-refractivity contribution is -0.118. The highest BCUT2D eigenvalue weighted by Crippen LogP contribution is 2.25. The zero-order chi connectivity index (χ0) is 18.5. The van der Waals surface area contributed by atoms with E-state index in [9.17, 15) is 4.79 Å². The Morgan fingerprint density at radius 3 is 2.96 bits per heavy atom. The topological polar surface area (TPSA) is 85.1 Å². The van der Waals surface area contributed by atoms with Gasteiger partial charge >= 0.3 is 0 Å². The van der Waals surface area contributed by atoms with E-state index in [2.05, 4.69) is 26.1 Å². The zero-order valence-electron chi connectivity index (χ0n) is 14.0. The van der Waals surface area contributed by atoms with E-state index in [0.717, 1.165) is 21.3 Å². The van der Waals surface area contributed by atoms with Crippen molar-refractivity contribution in [3.05, 3.63) is 64.9 Å². The predicted octanol–water partition coefficient (Wildman–Crippen LogP) is 3.12. The van der Waals surface area contributed by atoms with Crippen molar-refractivity contribution in [2.24, 2.45) is 5.10 Å². The Balaban J connectivity index is 1.45. The molecule has 0 aliphatic heterocycles. The van der Waals surface area contributed by atoms with Crippen molar-refractivity contribution in [2.75, 3.05) is 5.75 Å². The molecule has 4 rings (SSSR count). The average molecular weight is 394 g/mol. The van der Waals surface area contributed by atoms with Gasteiger partial charge in [-0.3, -0.25) is 4.79 Å². The van der Waals surface area contributed by atoms with Crippen molar-refractivity contribution >= 4 is 46.0 Å². The lowest BCUT2D eigenvalue weighted by Crippen LogP contribution is -2.19. The van der Waals surface area contributed by atoms with E-state index in [1.807, 2.05) is 60.0 Å². The smallest absolute Gasteiger partial charge is 0.250 e. The molecule has 0 bridgehead atoms. The molecule has 0 aliphatic carbocycles. The van der Waals surface area contributed by atoms with E-state index in [1.54, 1.807) is 22.2 Å². The summed E-state index contributed by atoms with van der Waals surface area (Å²) >= 11 is 2.81. The summed E-state index contributed by atoms with van der Waals surface area (Å²) in [5.41, 5.74) is 3.38. The van der Waals surface area contributed by atoms with Crippen LogP contribution in [0, 0.1) is 0 Å². The molecule has 1 amide bonds. The molecule has 7 nitrogen and oxygen atoms in total. The minimum atomic E-state index is -0.222. The van der Waals surface area contributed by atoms with E-state index in [0.29, 0.717) is 5.16 Å². The molecule has 27 heavy (non-hydrogen) atoms. The number of nitrogens with zero attached hydrogens (tertiary/aromatic N) is 5. The van der Waals surface area contributed by atoms with Gasteiger partial charge in [-0.15, -0.1) is 16.4 Å². The summed E-state index contributed by atoms with van der Waals surface area (Å²) in [6, 6.07) is 17.8. The summed E-state index contributed by atoms with van der Waals surface area (Å²) < 4.78 is 1.65. The number of tetrazole rings is 1. The molecule has 0 saturated heterocycles. The van der Waals surface area contributed by atoms with Gasteiger partial charge in [0, 0.05) is 10.3 Å². The second kappa shape index (κ2) is 8.11. The zero-order valence-corrected chi connectivity index (χ0v) is 15.7. The Labute approximate surface area is 163 Å². The molecule has 0 aliphatic rings. The molecule has 2 aromatic carbocycles. The van der Waals surface area contributed by atoms with Crippen LogP contribution >= 0.6 is 23.1 Å². The van der Waals surface area contributed by atoms with Gasteiger partial charge in [0.2, 0.25) is 5.16 Å². The molecule has 0 saturated carbocycles. The number of thioether (sulfide) groups is 1. The lowest BCUT2D eigenvalue weighted by atomic mass is 10.1. The van der Waals surface area contributed by atoms with E-state index >= 15 is 0 Å². The van der Waals surface area contributed by atoms with Gasteiger partial charge in [-0.05, 0) is 33.3 Å². The summed E-state index contributed by atoms with van der Waals surface area (Å²) in [6.45, 7) is 0. The molecule has 2 aromatic heterocycles. The van der Waals surface area contributed by atoms with Crippen molar-refractivity contribution < 1.29 is 4.79 Å². The van der Waals surface area contributed by atoms with Crippen LogP contribution < -0.4 is 5.43 Å². The fourth-order valence-corrected chi connectivity index (χ4v) is 3.77. The van der Waals surface area contributed by atoms with Crippen molar-refractivity contribution in [2.45, 2.75) is 5.16 Å². The number of amides is 1. The Hall–Kier alpha value is -3.04. The van der Waals surface area contributed by atoms with E-state index in [4.69, 9.17) is 0 Å². The van der Waals surface area contributed by atoms with Gasteiger partial charge in [-0.2, -0.15) is 9.78 Å². The molecule has 134 valence electrons. The van der Waals surface area contributed by atoms with Crippen LogP contribution in [-0.2, 0) is 4.79 Å². The number of fused-ring (bicyclic) bond motifs is 1. The molecular formula is C18H14N6OS2. The van der Waals surface area contributed by atoms with Crippen LogP contribution in [0.3, 0.4) is 0 Å². The number of aromatic nitrogens is 4. The first-order chi connectivity index (χ1) is 13.3. The Morgan fingerprint density at radius 2 is 2.07 bits per heavy atom. The van der Waals surface area contributed by atoms with Gasteiger partial charge in [-0.25, -0.2) is 5.43 Å². The van der Waals surface area contributed by atoms with Gasteiger partial charge in [0.25, 0.3) is 5.91 Å². The molecule has 0 fully saturated rings. The maximum atomic E-state index is 12.0. The summed E-state index contributed by atoms with van der Waals surface area (Å²) in [5.74, 6) is -0.0623. The van der Waals surface area contributed by atoms with E-state index in [-0.39, 0.29) is 11.7 Å². The molecule has 0 radical (unpaired) electrons. The number of rotatable bonds is 6. The molecule has 4 aromatic rings. The van der Waals surface area contributed by atoms with Crippen LogP contribution in [0.2, 0.25) is 0 Å². The first-order valence-corrected chi connectivity index (χ1v) is 9.92. The average Bonchev–Trinajstić information content (AvgIpc) is 3.38. The van der Waals surface area contributed by atoms with E-state index < -0.39 is 0 Å². The summed E-state index contributed by atoms with van der Waals surface area (Å²) in [7, 11) is 0. The van der Waals surface area contributed by atoms with Crippen molar-refractivity contribution in [3.63, 3.8) is 0 Å². The maximum Gasteiger partial charge on any atom is 0.250 e. The number of thiophene rings is 1. The fraction of sp³-hybridized carbons (Fsp3) is 0.0556. The monoisotopic (exact) mass is 394 g/mol. The van der Waals surface area contributed by atoms with Crippen LogP contribution in [0.25, 0.3) is 16.5 Å². The van der Waals surface area contributed by atoms with Crippen molar-refractivity contribution in [1.82, 2.24) is 25.6 Å². The predicted molar refractivity (Wildman–Crippen MR) is 107 cm³/mol. The third-order valence-electron chi connectivity index (χ3n) is 3.69. The van der Waals surface area contributed by atoms with Crippen LogP contribution in [-0.4, -0.2) is 38.1 Å². The number of carbonyl (C=O) groups excluding carboxylic acids is 1. The summed E-state index contributed by atoms with van der Waals surface area (Å²) in [4.78, 5) is 13.0. The highest BCUT2D eigenvalue weighted by atomic mass is 32.2. The van der Waals surface area contributed by atoms with Crippen molar-refractivity contribution in [3.8, 4) is 5.69 Å². The fourth-order valence-electron chi connectivity index (χ4n) is 2.51. The molecule has 9 heteroatoms. The number of hydrazone groups is 1. The number of hydrogen-bond acceptors (Lipinski definition) is 7. The SMILES string of the molecule is O=C(CSc1nnnn1-c1cccc2ccccc12)N/N=C/c1cccs1. The van der Waals surface area contributed by atoms with Gasteiger partial charge in [-0.1, -0.05) is 54.2 Å². The Bertz CT molecular complexity index is 1080. The Morgan fingerprint density at radius 1 is 1.19 bits per heavy atom. The van der Waals surface area contributed by atoms with Crippen LogP contribution in [0.15, 0.2) is 70.2 Å². The number of benzene rings is 2. The van der Waals surface area contributed by atoms with Crippen LogP contribution in [0.1, 0.15) is 4.88 Å². The molecule has 0 atom stereocenters. The molecule has 0 unspecified atom stereocenters. The highest BCUT2D eigenvalue weighted by molar-refractivity contribution is 7.99. The normalized spacial score (nSPS) is 11.3. The summed E-state index contributed by atoms with van der Waals surface area (Å²) in [6.07, 6.45) is 1.62. The molecule has 0 spiro atoms. The molecule has 2 heterocycles. The minimum Gasteiger partial charge on any atom is -0.272 e. The van der Waals surface area contributed by atoms with Crippen LogP contribution in [0.5, 0.6) is 0 Å². The third kappa shape index (κ3) is 4.04. The largest absolute Gasteiger partial charge is 0.272 e. The standard InChI is InChI=1S/C18H14N6OS2/c25-17(20-19-11-14-7-4-10-26-14)12-27-18-21-22-23-24(18)16-9-3-6-13-5-1-2-8-15(13)16/h1-11H,12H2,(H,20,25)/b19-11+.